The largest absolute Gasteiger partial charge is 0.497 e. The molecule has 0 unspecified atom stereocenters. The van der Waals surface area contributed by atoms with Crippen LogP contribution in [0.2, 0.25) is 5.15 Å². The number of rotatable bonds is 5. The van der Waals surface area contributed by atoms with Gasteiger partial charge in [-0.15, -0.1) is 5.10 Å². The van der Waals surface area contributed by atoms with Crippen molar-refractivity contribution >= 4 is 29.4 Å². The van der Waals surface area contributed by atoms with E-state index in [9.17, 15) is 9.18 Å². The fourth-order valence-corrected chi connectivity index (χ4v) is 2.60. The third-order valence-electron chi connectivity index (χ3n) is 3.62. The van der Waals surface area contributed by atoms with Crippen LogP contribution in [0.15, 0.2) is 30.3 Å². The molecule has 0 aliphatic rings. The SMILES string of the molecule is COc1ccc(CN(C)c2cc(Cl)nc3c(C=O)c(F)nn23)cc1. The topological polar surface area (TPSA) is 59.7 Å². The van der Waals surface area contributed by atoms with Crippen LogP contribution in [0.5, 0.6) is 5.75 Å². The Morgan fingerprint density at radius 2 is 2.08 bits per heavy atom. The van der Waals surface area contributed by atoms with Gasteiger partial charge in [0.25, 0.3) is 0 Å². The Bertz CT molecular complexity index is 895. The van der Waals surface area contributed by atoms with E-state index in [2.05, 4.69) is 10.1 Å². The smallest absolute Gasteiger partial charge is 0.246 e. The van der Waals surface area contributed by atoms with E-state index in [1.807, 2.05) is 36.2 Å². The number of carbonyl (C=O) groups excluding carboxylic acids is 1. The molecule has 3 rings (SSSR count). The lowest BCUT2D eigenvalue weighted by Gasteiger charge is -2.20. The van der Waals surface area contributed by atoms with E-state index in [0.717, 1.165) is 11.3 Å². The zero-order valence-electron chi connectivity index (χ0n) is 13.0. The summed E-state index contributed by atoms with van der Waals surface area (Å²) in [4.78, 5) is 16.9. The van der Waals surface area contributed by atoms with Crippen LogP contribution in [0.3, 0.4) is 0 Å². The second-order valence-electron chi connectivity index (χ2n) is 5.20. The van der Waals surface area contributed by atoms with Crippen molar-refractivity contribution in [3.05, 3.63) is 52.6 Å². The highest BCUT2D eigenvalue weighted by Crippen LogP contribution is 2.24. The number of aldehydes is 1. The van der Waals surface area contributed by atoms with Gasteiger partial charge in [-0.1, -0.05) is 23.7 Å². The zero-order valence-corrected chi connectivity index (χ0v) is 13.8. The number of nitrogens with zero attached hydrogens (tertiary/aromatic N) is 4. The molecule has 0 saturated carbocycles. The van der Waals surface area contributed by atoms with Crippen molar-refractivity contribution in [3.8, 4) is 5.75 Å². The summed E-state index contributed by atoms with van der Waals surface area (Å²) in [6.07, 6.45) is 0.383. The molecule has 124 valence electrons. The first-order valence-electron chi connectivity index (χ1n) is 7.07. The molecule has 0 N–H and O–H groups in total. The number of anilines is 1. The Morgan fingerprint density at radius 3 is 2.71 bits per heavy atom. The third-order valence-corrected chi connectivity index (χ3v) is 3.81. The summed E-state index contributed by atoms with van der Waals surface area (Å²) in [5.74, 6) is 0.409. The number of methoxy groups -OCH3 is 1. The molecule has 3 aromatic rings. The average Bonchev–Trinajstić information content (AvgIpc) is 2.89. The van der Waals surface area contributed by atoms with Crippen LogP contribution in [0.4, 0.5) is 10.2 Å². The molecule has 0 aliphatic heterocycles. The van der Waals surface area contributed by atoms with Crippen LogP contribution in [0.25, 0.3) is 5.65 Å². The van der Waals surface area contributed by atoms with E-state index in [-0.39, 0.29) is 16.4 Å². The van der Waals surface area contributed by atoms with Crippen molar-refractivity contribution in [1.29, 1.82) is 0 Å². The minimum Gasteiger partial charge on any atom is -0.497 e. The van der Waals surface area contributed by atoms with Gasteiger partial charge in [0.1, 0.15) is 22.3 Å². The predicted molar refractivity (Wildman–Crippen MR) is 88.4 cm³/mol. The molecule has 0 bridgehead atoms. The molecule has 0 radical (unpaired) electrons. The van der Waals surface area contributed by atoms with E-state index in [0.29, 0.717) is 18.6 Å². The van der Waals surface area contributed by atoms with Gasteiger partial charge in [-0.2, -0.15) is 8.91 Å². The summed E-state index contributed by atoms with van der Waals surface area (Å²) < 4.78 is 20.2. The molecule has 0 atom stereocenters. The lowest BCUT2D eigenvalue weighted by Crippen LogP contribution is -2.20. The Hall–Kier alpha value is -2.67. The Morgan fingerprint density at radius 1 is 1.38 bits per heavy atom. The van der Waals surface area contributed by atoms with E-state index >= 15 is 0 Å². The summed E-state index contributed by atoms with van der Waals surface area (Å²) in [5.41, 5.74) is 0.894. The standard InChI is InChI=1S/C16H14ClFN4O2/c1-21(8-10-3-5-11(24-2)6-4-10)14-7-13(17)19-16-12(9-23)15(18)20-22(14)16/h3-7,9H,8H2,1-2H3. The number of benzene rings is 1. The molecule has 0 fully saturated rings. The molecule has 0 aliphatic carbocycles. The summed E-state index contributed by atoms with van der Waals surface area (Å²) in [5, 5.41) is 3.91. The fraction of sp³-hybridized carbons (Fsp3) is 0.188. The van der Waals surface area contributed by atoms with Crippen molar-refractivity contribution in [2.75, 3.05) is 19.1 Å². The number of aromatic nitrogens is 3. The first-order chi connectivity index (χ1) is 11.5. The van der Waals surface area contributed by atoms with Crippen molar-refractivity contribution in [1.82, 2.24) is 14.6 Å². The fourth-order valence-electron chi connectivity index (χ4n) is 2.42. The predicted octanol–water partition coefficient (Wildman–Crippen LogP) is 2.98. The maximum atomic E-state index is 13.8. The Kier molecular flexibility index (Phi) is 4.35. The number of hydrogen-bond acceptors (Lipinski definition) is 5. The highest BCUT2D eigenvalue weighted by atomic mass is 35.5. The van der Waals surface area contributed by atoms with Crippen LogP contribution >= 0.6 is 11.6 Å². The van der Waals surface area contributed by atoms with Crippen LogP contribution in [-0.2, 0) is 6.54 Å². The van der Waals surface area contributed by atoms with E-state index in [1.54, 1.807) is 13.2 Å². The van der Waals surface area contributed by atoms with E-state index < -0.39 is 5.95 Å². The van der Waals surface area contributed by atoms with Crippen molar-refractivity contribution in [3.63, 3.8) is 0 Å². The normalized spacial score (nSPS) is 10.8. The maximum Gasteiger partial charge on any atom is 0.246 e. The second-order valence-corrected chi connectivity index (χ2v) is 5.59. The van der Waals surface area contributed by atoms with Crippen LogP contribution < -0.4 is 9.64 Å². The van der Waals surface area contributed by atoms with E-state index in [1.165, 1.54) is 4.52 Å². The zero-order chi connectivity index (χ0) is 17.3. The van der Waals surface area contributed by atoms with Gasteiger partial charge in [-0.3, -0.25) is 4.79 Å². The number of hydrogen-bond donors (Lipinski definition) is 0. The van der Waals surface area contributed by atoms with Crippen LogP contribution in [-0.4, -0.2) is 35.0 Å². The van der Waals surface area contributed by atoms with Crippen molar-refractivity contribution in [2.24, 2.45) is 0 Å². The van der Waals surface area contributed by atoms with Gasteiger partial charge >= 0.3 is 0 Å². The highest BCUT2D eigenvalue weighted by Gasteiger charge is 2.18. The van der Waals surface area contributed by atoms with E-state index in [4.69, 9.17) is 16.3 Å². The first-order valence-corrected chi connectivity index (χ1v) is 7.45. The summed E-state index contributed by atoms with van der Waals surface area (Å²) in [6.45, 7) is 0.525. The maximum absolute atomic E-state index is 13.8. The monoisotopic (exact) mass is 348 g/mol. The lowest BCUT2D eigenvalue weighted by atomic mass is 10.2. The highest BCUT2D eigenvalue weighted by molar-refractivity contribution is 6.29. The quantitative estimate of drug-likeness (QED) is 0.524. The third kappa shape index (κ3) is 2.90. The Labute approximate surface area is 142 Å². The molecule has 2 heterocycles. The molecule has 24 heavy (non-hydrogen) atoms. The number of fused-ring (bicyclic) bond motifs is 1. The molecule has 0 saturated heterocycles. The molecular weight excluding hydrogens is 335 g/mol. The van der Waals surface area contributed by atoms with Gasteiger partial charge in [-0.05, 0) is 17.7 Å². The Balaban J connectivity index is 1.99. The van der Waals surface area contributed by atoms with Crippen molar-refractivity contribution in [2.45, 2.75) is 6.54 Å². The summed E-state index contributed by atoms with van der Waals surface area (Å²) >= 11 is 6.01. The molecule has 8 heteroatoms. The van der Waals surface area contributed by atoms with Gasteiger partial charge < -0.3 is 9.64 Å². The van der Waals surface area contributed by atoms with Crippen LogP contribution in [0.1, 0.15) is 15.9 Å². The van der Waals surface area contributed by atoms with Crippen LogP contribution in [0, 0.1) is 5.95 Å². The molecule has 0 spiro atoms. The molecule has 6 nitrogen and oxygen atoms in total. The van der Waals surface area contributed by atoms with Gasteiger partial charge in [-0.25, -0.2) is 4.98 Å². The molecule has 2 aromatic heterocycles. The number of ether oxygens (including phenoxy) is 1. The number of carbonyl (C=O) groups is 1. The van der Waals surface area contributed by atoms with Gasteiger partial charge in [0.2, 0.25) is 5.95 Å². The summed E-state index contributed by atoms with van der Waals surface area (Å²) in [6, 6.07) is 9.14. The average molecular weight is 349 g/mol. The molecular formula is C16H14ClFN4O2. The number of halogens is 2. The molecule has 1 aromatic carbocycles. The molecule has 0 amide bonds. The van der Waals surface area contributed by atoms with Gasteiger partial charge in [0.15, 0.2) is 11.9 Å². The van der Waals surface area contributed by atoms with Crippen molar-refractivity contribution < 1.29 is 13.9 Å². The second kappa shape index (κ2) is 6.45. The minimum absolute atomic E-state index is 0.0894. The van der Waals surface area contributed by atoms with Gasteiger partial charge in [0.05, 0.1) is 7.11 Å². The van der Waals surface area contributed by atoms with Gasteiger partial charge in [0, 0.05) is 19.7 Å². The summed E-state index contributed by atoms with van der Waals surface area (Å²) in [7, 11) is 3.42. The minimum atomic E-state index is -0.876. The lowest BCUT2D eigenvalue weighted by molar-refractivity contribution is 0.112. The first kappa shape index (κ1) is 16.2.